The van der Waals surface area contributed by atoms with Crippen LogP contribution in [0.3, 0.4) is 0 Å². The number of amidine groups is 1. The van der Waals surface area contributed by atoms with Gasteiger partial charge in [0.15, 0.2) is 0 Å². The number of rotatable bonds is 6. The molecule has 6 nitrogen and oxygen atoms in total. The van der Waals surface area contributed by atoms with E-state index in [-0.39, 0.29) is 25.5 Å². The number of nitrogens with two attached hydrogens (primary N) is 1. The van der Waals surface area contributed by atoms with Crippen molar-refractivity contribution in [2.45, 2.75) is 19.0 Å². The molecule has 1 saturated heterocycles. The number of nitrogens with zero attached hydrogens (tertiary/aromatic N) is 2. The zero-order valence-corrected chi connectivity index (χ0v) is 11.8. The van der Waals surface area contributed by atoms with Gasteiger partial charge in [-0.05, 0) is 6.42 Å². The van der Waals surface area contributed by atoms with Gasteiger partial charge in [-0.1, -0.05) is 0 Å². The Morgan fingerprint density at radius 1 is 1.20 bits per heavy atom. The lowest BCUT2D eigenvalue weighted by molar-refractivity contribution is -0.134. The fraction of sp³-hybridized carbons (Fsp3) is 0.900. The summed E-state index contributed by atoms with van der Waals surface area (Å²) < 4.78 is 61.0. The van der Waals surface area contributed by atoms with E-state index in [9.17, 15) is 21.6 Å². The fourth-order valence-corrected chi connectivity index (χ4v) is 3.48. The lowest BCUT2D eigenvalue weighted by Crippen LogP contribution is -2.51. The molecule has 0 amide bonds. The highest BCUT2D eigenvalue weighted by atomic mass is 32.2. The van der Waals surface area contributed by atoms with Crippen molar-refractivity contribution in [2.75, 3.05) is 38.5 Å². The number of piperazine rings is 1. The van der Waals surface area contributed by atoms with Crippen LogP contribution in [-0.4, -0.2) is 68.1 Å². The summed E-state index contributed by atoms with van der Waals surface area (Å²) in [6, 6.07) is 0. The van der Waals surface area contributed by atoms with Crippen LogP contribution in [0.4, 0.5) is 13.2 Å². The highest BCUT2D eigenvalue weighted by Gasteiger charge is 2.30. The second-order valence-electron chi connectivity index (χ2n) is 4.74. The molecule has 0 aromatic rings. The summed E-state index contributed by atoms with van der Waals surface area (Å²) in [5.41, 5.74) is 5.25. The van der Waals surface area contributed by atoms with Gasteiger partial charge in [0, 0.05) is 32.6 Å². The molecule has 0 saturated carbocycles. The van der Waals surface area contributed by atoms with Crippen molar-refractivity contribution in [3.8, 4) is 0 Å². The molecule has 0 aromatic heterocycles. The summed E-state index contributed by atoms with van der Waals surface area (Å²) in [7, 11) is -3.64. The SMILES string of the molecule is N=C(N)CN1CCN(S(=O)(=O)CCCC(F)(F)F)CC1. The molecule has 0 radical (unpaired) electrons. The van der Waals surface area contributed by atoms with Gasteiger partial charge in [-0.15, -0.1) is 0 Å². The molecule has 0 bridgehead atoms. The Labute approximate surface area is 116 Å². The number of hydrogen-bond donors (Lipinski definition) is 2. The van der Waals surface area contributed by atoms with Crippen molar-refractivity contribution in [1.82, 2.24) is 9.21 Å². The molecule has 1 heterocycles. The molecule has 1 fully saturated rings. The minimum Gasteiger partial charge on any atom is -0.387 e. The molecule has 1 aliphatic heterocycles. The summed E-state index contributed by atoms with van der Waals surface area (Å²) in [5.74, 6) is -0.481. The monoisotopic (exact) mass is 316 g/mol. The summed E-state index contributed by atoms with van der Waals surface area (Å²) in [6.45, 7) is 1.58. The standard InChI is InChI=1S/C10H19F3N4O2S/c11-10(12,13)2-1-7-20(18,19)17-5-3-16(4-6-17)8-9(14)15/h1-8H2,(H3,14,15). The average Bonchev–Trinajstić information content (AvgIpc) is 2.26. The highest BCUT2D eigenvalue weighted by Crippen LogP contribution is 2.22. The zero-order chi connectivity index (χ0) is 15.4. The largest absolute Gasteiger partial charge is 0.389 e. The van der Waals surface area contributed by atoms with Crippen LogP contribution in [0.25, 0.3) is 0 Å². The van der Waals surface area contributed by atoms with Crippen molar-refractivity contribution in [3.63, 3.8) is 0 Å². The molecule has 118 valence electrons. The lowest BCUT2D eigenvalue weighted by Gasteiger charge is -2.33. The number of sulfonamides is 1. The van der Waals surface area contributed by atoms with Crippen molar-refractivity contribution >= 4 is 15.9 Å². The van der Waals surface area contributed by atoms with E-state index in [2.05, 4.69) is 0 Å². The molecule has 0 unspecified atom stereocenters. The topological polar surface area (TPSA) is 90.5 Å². The predicted octanol–water partition coefficient (Wildman–Crippen LogP) is 0.212. The average molecular weight is 316 g/mol. The first-order valence-corrected chi connectivity index (χ1v) is 7.81. The third kappa shape index (κ3) is 6.06. The first-order chi connectivity index (χ1) is 9.10. The Bertz CT molecular complexity index is 430. The van der Waals surface area contributed by atoms with E-state index < -0.39 is 34.8 Å². The number of hydrogen-bond acceptors (Lipinski definition) is 4. The Hall–Kier alpha value is -0.870. The second kappa shape index (κ2) is 6.72. The van der Waals surface area contributed by atoms with Crippen LogP contribution in [0.5, 0.6) is 0 Å². The van der Waals surface area contributed by atoms with E-state index in [1.807, 2.05) is 4.90 Å². The van der Waals surface area contributed by atoms with Gasteiger partial charge in [-0.3, -0.25) is 10.3 Å². The molecule has 1 rings (SSSR count). The van der Waals surface area contributed by atoms with E-state index in [4.69, 9.17) is 11.1 Å². The molecule has 0 atom stereocenters. The molecule has 1 aliphatic rings. The van der Waals surface area contributed by atoms with Crippen LogP contribution in [-0.2, 0) is 10.0 Å². The Kier molecular flexibility index (Phi) is 5.78. The maximum atomic E-state index is 12.0. The minimum atomic E-state index is -4.32. The third-order valence-electron chi connectivity index (χ3n) is 2.98. The van der Waals surface area contributed by atoms with Crippen LogP contribution in [0.15, 0.2) is 0 Å². The van der Waals surface area contributed by atoms with Gasteiger partial charge in [0.05, 0.1) is 12.3 Å². The molecular weight excluding hydrogens is 297 g/mol. The van der Waals surface area contributed by atoms with Gasteiger partial charge < -0.3 is 5.73 Å². The molecule has 10 heteroatoms. The van der Waals surface area contributed by atoms with E-state index in [0.29, 0.717) is 13.1 Å². The molecular formula is C10H19F3N4O2S. The van der Waals surface area contributed by atoms with Crippen molar-refractivity contribution in [2.24, 2.45) is 5.73 Å². The predicted molar refractivity (Wildman–Crippen MR) is 69.0 cm³/mol. The van der Waals surface area contributed by atoms with E-state index in [1.54, 1.807) is 0 Å². The smallest absolute Gasteiger partial charge is 0.387 e. The number of halogens is 3. The van der Waals surface area contributed by atoms with Crippen LogP contribution in [0.1, 0.15) is 12.8 Å². The Morgan fingerprint density at radius 3 is 2.20 bits per heavy atom. The van der Waals surface area contributed by atoms with Gasteiger partial charge in [-0.25, -0.2) is 8.42 Å². The van der Waals surface area contributed by atoms with Gasteiger partial charge in [-0.2, -0.15) is 17.5 Å². The van der Waals surface area contributed by atoms with Crippen LogP contribution in [0.2, 0.25) is 0 Å². The third-order valence-corrected chi connectivity index (χ3v) is 4.94. The molecule has 20 heavy (non-hydrogen) atoms. The summed E-state index contributed by atoms with van der Waals surface area (Å²) >= 11 is 0. The van der Waals surface area contributed by atoms with Gasteiger partial charge in [0.25, 0.3) is 0 Å². The van der Waals surface area contributed by atoms with Gasteiger partial charge in [0.2, 0.25) is 10.0 Å². The summed E-state index contributed by atoms with van der Waals surface area (Å²) in [4.78, 5) is 1.84. The van der Waals surface area contributed by atoms with Gasteiger partial charge >= 0.3 is 6.18 Å². The summed E-state index contributed by atoms with van der Waals surface area (Å²) in [6.07, 6.45) is -5.83. The van der Waals surface area contributed by atoms with Crippen molar-refractivity contribution in [1.29, 1.82) is 5.41 Å². The van der Waals surface area contributed by atoms with E-state index in [1.165, 1.54) is 4.31 Å². The quantitative estimate of drug-likeness (QED) is 0.541. The Balaban J connectivity index is 2.41. The Morgan fingerprint density at radius 2 is 1.75 bits per heavy atom. The van der Waals surface area contributed by atoms with Crippen LogP contribution < -0.4 is 5.73 Å². The second-order valence-corrected chi connectivity index (χ2v) is 6.82. The molecule has 0 spiro atoms. The number of nitrogens with one attached hydrogen (secondary N) is 1. The van der Waals surface area contributed by atoms with Crippen molar-refractivity contribution < 1.29 is 21.6 Å². The number of alkyl halides is 3. The van der Waals surface area contributed by atoms with Gasteiger partial charge in [0.1, 0.15) is 5.84 Å². The van der Waals surface area contributed by atoms with E-state index in [0.717, 1.165) is 0 Å². The normalized spacial score (nSPS) is 19.1. The van der Waals surface area contributed by atoms with Crippen LogP contribution in [0, 0.1) is 5.41 Å². The first-order valence-electron chi connectivity index (χ1n) is 6.20. The molecule has 3 N–H and O–H groups in total. The highest BCUT2D eigenvalue weighted by molar-refractivity contribution is 7.89. The van der Waals surface area contributed by atoms with E-state index >= 15 is 0 Å². The summed E-state index contributed by atoms with van der Waals surface area (Å²) in [5, 5.41) is 7.15. The maximum absolute atomic E-state index is 12.0. The van der Waals surface area contributed by atoms with Crippen LogP contribution >= 0.6 is 0 Å². The maximum Gasteiger partial charge on any atom is 0.389 e. The zero-order valence-electron chi connectivity index (χ0n) is 11.0. The lowest BCUT2D eigenvalue weighted by atomic mass is 10.3. The van der Waals surface area contributed by atoms with Crippen molar-refractivity contribution in [3.05, 3.63) is 0 Å². The molecule has 0 aromatic carbocycles. The fourth-order valence-electron chi connectivity index (χ4n) is 1.99. The minimum absolute atomic E-state index is 0.00600. The first kappa shape index (κ1) is 17.2. The molecule has 0 aliphatic carbocycles.